The zero-order valence-electron chi connectivity index (χ0n) is 9.31. The molecule has 0 aromatic carbocycles. The molecule has 0 heterocycles. The highest BCUT2D eigenvalue weighted by Crippen LogP contribution is 2.27. The van der Waals surface area contributed by atoms with Crippen LogP contribution in [0.5, 0.6) is 0 Å². The molecule has 1 rings (SSSR count). The quantitative estimate of drug-likeness (QED) is 0.689. The second kappa shape index (κ2) is 6.42. The maximum atomic E-state index is 3.58. The van der Waals surface area contributed by atoms with Gasteiger partial charge in [-0.2, -0.15) is 0 Å². The zero-order chi connectivity index (χ0) is 9.52. The highest BCUT2D eigenvalue weighted by molar-refractivity contribution is 4.71. The van der Waals surface area contributed by atoms with Crippen molar-refractivity contribution in [3.8, 4) is 0 Å². The lowest BCUT2D eigenvalue weighted by molar-refractivity contribution is 0.305. The molecule has 1 N–H and O–H groups in total. The van der Waals surface area contributed by atoms with Gasteiger partial charge in [-0.15, -0.1) is 0 Å². The maximum Gasteiger partial charge on any atom is 0.00413 e. The number of hydrogen-bond donors (Lipinski definition) is 1. The van der Waals surface area contributed by atoms with Crippen molar-refractivity contribution in [2.75, 3.05) is 6.54 Å². The van der Waals surface area contributed by atoms with Gasteiger partial charge in [-0.1, -0.05) is 39.0 Å². The van der Waals surface area contributed by atoms with Crippen molar-refractivity contribution >= 4 is 0 Å². The highest BCUT2D eigenvalue weighted by Gasteiger charge is 2.15. The first kappa shape index (κ1) is 11.0. The monoisotopic (exact) mass is 183 g/mol. The minimum Gasteiger partial charge on any atom is -0.314 e. The summed E-state index contributed by atoms with van der Waals surface area (Å²) in [5, 5.41) is 3.58. The molecule has 1 unspecified atom stereocenters. The second-order valence-electron chi connectivity index (χ2n) is 4.59. The van der Waals surface area contributed by atoms with E-state index < -0.39 is 0 Å². The molecule has 0 spiro atoms. The molecule has 0 bridgehead atoms. The highest BCUT2D eigenvalue weighted by atomic mass is 14.9. The van der Waals surface area contributed by atoms with Gasteiger partial charge in [-0.25, -0.2) is 0 Å². The minimum atomic E-state index is 0.739. The van der Waals surface area contributed by atoms with Gasteiger partial charge in [-0.3, -0.25) is 0 Å². The van der Waals surface area contributed by atoms with Crippen LogP contribution in [0.3, 0.4) is 0 Å². The Morgan fingerprint density at radius 2 is 1.92 bits per heavy atom. The van der Waals surface area contributed by atoms with Gasteiger partial charge in [-0.05, 0) is 32.2 Å². The van der Waals surface area contributed by atoms with E-state index >= 15 is 0 Å². The Hall–Kier alpha value is -0.0400. The fraction of sp³-hybridized carbons (Fsp3) is 1.00. The van der Waals surface area contributed by atoms with E-state index in [1.165, 1.54) is 51.5 Å². The lowest BCUT2D eigenvalue weighted by Crippen LogP contribution is -2.29. The van der Waals surface area contributed by atoms with Crippen LogP contribution in [0.2, 0.25) is 0 Å². The van der Waals surface area contributed by atoms with Crippen molar-refractivity contribution in [3.63, 3.8) is 0 Å². The molecule has 0 amide bonds. The van der Waals surface area contributed by atoms with Crippen molar-refractivity contribution in [1.82, 2.24) is 5.32 Å². The van der Waals surface area contributed by atoms with Gasteiger partial charge in [0.15, 0.2) is 0 Å². The lowest BCUT2D eigenvalue weighted by atomic mass is 9.85. The summed E-state index contributed by atoms with van der Waals surface area (Å²) in [6.45, 7) is 5.76. The summed E-state index contributed by atoms with van der Waals surface area (Å²) in [7, 11) is 0. The third kappa shape index (κ3) is 4.66. The summed E-state index contributed by atoms with van der Waals surface area (Å²) >= 11 is 0. The topological polar surface area (TPSA) is 12.0 Å². The smallest absolute Gasteiger partial charge is 0.00413 e. The average Bonchev–Trinajstić information content (AvgIpc) is 2.16. The molecule has 0 aromatic rings. The van der Waals surface area contributed by atoms with Crippen LogP contribution in [0.4, 0.5) is 0 Å². The predicted octanol–water partition coefficient (Wildman–Crippen LogP) is 3.34. The van der Waals surface area contributed by atoms with E-state index in [9.17, 15) is 0 Å². The van der Waals surface area contributed by atoms with E-state index in [1.54, 1.807) is 0 Å². The fourth-order valence-corrected chi connectivity index (χ4v) is 2.40. The molecule has 1 nitrogen and oxygen atoms in total. The number of nitrogens with one attached hydrogen (secondary N) is 1. The molecule has 0 aromatic heterocycles. The van der Waals surface area contributed by atoms with Crippen LogP contribution in [0, 0.1) is 5.92 Å². The van der Waals surface area contributed by atoms with E-state index in [4.69, 9.17) is 0 Å². The Kier molecular flexibility index (Phi) is 5.45. The molecule has 0 aliphatic heterocycles. The Balaban J connectivity index is 2.07. The van der Waals surface area contributed by atoms with Crippen LogP contribution < -0.4 is 5.32 Å². The first-order valence-corrected chi connectivity index (χ1v) is 6.06. The van der Waals surface area contributed by atoms with E-state index in [-0.39, 0.29) is 0 Å². The first-order chi connectivity index (χ1) is 6.33. The van der Waals surface area contributed by atoms with Crippen LogP contribution in [0.1, 0.15) is 58.8 Å². The molecular weight excluding hydrogens is 158 g/mol. The largest absolute Gasteiger partial charge is 0.314 e. The molecule has 1 atom stereocenters. The first-order valence-electron chi connectivity index (χ1n) is 6.06. The number of rotatable bonds is 5. The molecule has 0 radical (unpaired) electrons. The third-order valence-electron chi connectivity index (χ3n) is 3.15. The Morgan fingerprint density at radius 1 is 1.23 bits per heavy atom. The van der Waals surface area contributed by atoms with Crippen LogP contribution in [0.15, 0.2) is 0 Å². The molecule has 1 fully saturated rings. The zero-order valence-corrected chi connectivity index (χ0v) is 9.31. The molecule has 1 aliphatic rings. The molecule has 1 saturated carbocycles. The van der Waals surface area contributed by atoms with Gasteiger partial charge in [0.05, 0.1) is 0 Å². The summed E-state index contributed by atoms with van der Waals surface area (Å²) in [5.74, 6) is 1.02. The van der Waals surface area contributed by atoms with E-state index in [0.717, 1.165) is 12.0 Å². The summed E-state index contributed by atoms with van der Waals surface area (Å²) in [6.07, 6.45) is 10.1. The molecular formula is C12H25N. The fourth-order valence-electron chi connectivity index (χ4n) is 2.40. The third-order valence-corrected chi connectivity index (χ3v) is 3.15. The van der Waals surface area contributed by atoms with Crippen molar-refractivity contribution in [1.29, 1.82) is 0 Å². The average molecular weight is 183 g/mol. The molecule has 1 aliphatic carbocycles. The minimum absolute atomic E-state index is 0.739. The summed E-state index contributed by atoms with van der Waals surface area (Å²) in [6, 6.07) is 0.739. The summed E-state index contributed by atoms with van der Waals surface area (Å²) < 4.78 is 0. The van der Waals surface area contributed by atoms with E-state index in [0.29, 0.717) is 0 Å². The SMILES string of the molecule is CCCNC(C)CC1CCCCC1. The van der Waals surface area contributed by atoms with Crippen LogP contribution >= 0.6 is 0 Å². The van der Waals surface area contributed by atoms with E-state index in [2.05, 4.69) is 19.2 Å². The normalized spacial score (nSPS) is 21.7. The molecule has 13 heavy (non-hydrogen) atoms. The Bertz CT molecular complexity index is 116. The van der Waals surface area contributed by atoms with Crippen LogP contribution in [-0.4, -0.2) is 12.6 Å². The lowest BCUT2D eigenvalue weighted by Gasteiger charge is -2.25. The second-order valence-corrected chi connectivity index (χ2v) is 4.59. The molecule has 78 valence electrons. The van der Waals surface area contributed by atoms with Crippen molar-refractivity contribution in [3.05, 3.63) is 0 Å². The van der Waals surface area contributed by atoms with Gasteiger partial charge in [0.2, 0.25) is 0 Å². The van der Waals surface area contributed by atoms with Crippen molar-refractivity contribution < 1.29 is 0 Å². The van der Waals surface area contributed by atoms with Crippen molar-refractivity contribution in [2.45, 2.75) is 64.8 Å². The Morgan fingerprint density at radius 3 is 2.54 bits per heavy atom. The van der Waals surface area contributed by atoms with Gasteiger partial charge in [0, 0.05) is 6.04 Å². The van der Waals surface area contributed by atoms with Crippen molar-refractivity contribution in [2.24, 2.45) is 5.92 Å². The van der Waals surface area contributed by atoms with Gasteiger partial charge >= 0.3 is 0 Å². The maximum absolute atomic E-state index is 3.58. The summed E-state index contributed by atoms with van der Waals surface area (Å²) in [5.41, 5.74) is 0. The van der Waals surface area contributed by atoms with Crippen LogP contribution in [0.25, 0.3) is 0 Å². The summed E-state index contributed by atoms with van der Waals surface area (Å²) in [4.78, 5) is 0. The van der Waals surface area contributed by atoms with E-state index in [1.807, 2.05) is 0 Å². The number of hydrogen-bond acceptors (Lipinski definition) is 1. The van der Waals surface area contributed by atoms with Gasteiger partial charge in [0.25, 0.3) is 0 Å². The van der Waals surface area contributed by atoms with Gasteiger partial charge < -0.3 is 5.32 Å². The predicted molar refractivity (Wildman–Crippen MR) is 58.9 cm³/mol. The molecule has 1 heteroatoms. The van der Waals surface area contributed by atoms with Crippen LogP contribution in [-0.2, 0) is 0 Å². The standard InChI is InChI=1S/C12H25N/c1-3-9-13-11(2)10-12-7-5-4-6-8-12/h11-13H,3-10H2,1-2H3. The molecule has 0 saturated heterocycles. The van der Waals surface area contributed by atoms with Gasteiger partial charge in [0.1, 0.15) is 0 Å². The Labute approximate surface area is 83.3 Å².